The topological polar surface area (TPSA) is 122 Å². The molecule has 3 N–H and O–H groups in total. The SMILES string of the molecule is COc1c(NCCn2cnc(C(=O)O)c2)nc[nH]c1=O. The highest BCUT2D eigenvalue weighted by atomic mass is 16.5. The van der Waals surface area contributed by atoms with Gasteiger partial charge in [-0.3, -0.25) is 4.79 Å². The Kier molecular flexibility index (Phi) is 3.99. The van der Waals surface area contributed by atoms with Gasteiger partial charge in [0, 0.05) is 19.3 Å². The molecule has 0 amide bonds. The van der Waals surface area contributed by atoms with E-state index in [0.29, 0.717) is 18.9 Å². The molecule has 2 heterocycles. The van der Waals surface area contributed by atoms with E-state index in [1.807, 2.05) is 0 Å². The zero-order valence-corrected chi connectivity index (χ0v) is 10.7. The maximum Gasteiger partial charge on any atom is 0.356 e. The molecule has 0 saturated carbocycles. The molecule has 0 aromatic carbocycles. The first kappa shape index (κ1) is 13.6. The van der Waals surface area contributed by atoms with E-state index in [9.17, 15) is 9.59 Å². The summed E-state index contributed by atoms with van der Waals surface area (Å²) in [6.45, 7) is 0.903. The van der Waals surface area contributed by atoms with Gasteiger partial charge in [0.1, 0.15) is 0 Å². The molecule has 106 valence electrons. The Labute approximate surface area is 113 Å². The molecule has 2 aromatic heterocycles. The molecule has 0 atom stereocenters. The number of rotatable bonds is 6. The van der Waals surface area contributed by atoms with Gasteiger partial charge in [-0.2, -0.15) is 0 Å². The van der Waals surface area contributed by atoms with Crippen LogP contribution in [0.1, 0.15) is 10.5 Å². The lowest BCUT2D eigenvalue weighted by molar-refractivity contribution is 0.0691. The Bertz CT molecular complexity index is 663. The number of carboxylic acid groups (broad SMARTS) is 1. The Morgan fingerprint density at radius 1 is 1.55 bits per heavy atom. The van der Waals surface area contributed by atoms with Gasteiger partial charge < -0.3 is 24.7 Å². The predicted molar refractivity (Wildman–Crippen MR) is 69.1 cm³/mol. The highest BCUT2D eigenvalue weighted by Gasteiger charge is 2.09. The van der Waals surface area contributed by atoms with Crippen LogP contribution in [-0.4, -0.2) is 44.2 Å². The summed E-state index contributed by atoms with van der Waals surface area (Å²) in [6.07, 6.45) is 4.12. The second-order valence-electron chi connectivity index (χ2n) is 3.84. The van der Waals surface area contributed by atoms with Gasteiger partial charge in [0.15, 0.2) is 11.5 Å². The zero-order valence-electron chi connectivity index (χ0n) is 10.7. The molecule has 2 aromatic rings. The van der Waals surface area contributed by atoms with Crippen molar-refractivity contribution in [3.63, 3.8) is 0 Å². The Morgan fingerprint density at radius 3 is 3.00 bits per heavy atom. The highest BCUT2D eigenvalue weighted by molar-refractivity contribution is 5.84. The number of methoxy groups -OCH3 is 1. The number of aromatic amines is 1. The predicted octanol–water partition coefficient (Wildman–Crippen LogP) is -0.215. The lowest BCUT2D eigenvalue weighted by atomic mass is 10.4. The zero-order chi connectivity index (χ0) is 14.5. The monoisotopic (exact) mass is 279 g/mol. The fourth-order valence-electron chi connectivity index (χ4n) is 1.60. The fraction of sp³-hybridized carbons (Fsp3) is 0.273. The standard InChI is InChI=1S/C11H13N5O4/c1-20-8-9(13-5-14-10(8)17)12-2-3-16-4-7(11(18)19)15-6-16/h4-6H,2-3H2,1H3,(H,18,19)(H2,12,13,14,17). The van der Waals surface area contributed by atoms with Gasteiger partial charge in [0.2, 0.25) is 5.75 Å². The third kappa shape index (κ3) is 2.94. The molecule has 9 nitrogen and oxygen atoms in total. The summed E-state index contributed by atoms with van der Waals surface area (Å²) in [7, 11) is 1.38. The van der Waals surface area contributed by atoms with E-state index in [0.717, 1.165) is 0 Å². The van der Waals surface area contributed by atoms with E-state index in [1.165, 1.54) is 26.0 Å². The summed E-state index contributed by atoms with van der Waals surface area (Å²) in [4.78, 5) is 32.2. The van der Waals surface area contributed by atoms with Crippen LogP contribution in [0.25, 0.3) is 0 Å². The number of H-pyrrole nitrogens is 1. The molecule has 0 aliphatic heterocycles. The molecule has 0 fully saturated rings. The number of anilines is 1. The average molecular weight is 279 g/mol. The van der Waals surface area contributed by atoms with Gasteiger partial charge in [0.05, 0.1) is 19.8 Å². The molecular weight excluding hydrogens is 266 g/mol. The molecule has 9 heteroatoms. The average Bonchev–Trinajstić information content (AvgIpc) is 2.88. The summed E-state index contributed by atoms with van der Waals surface area (Å²) in [5.74, 6) is -0.645. The van der Waals surface area contributed by atoms with E-state index in [-0.39, 0.29) is 17.0 Å². The van der Waals surface area contributed by atoms with Gasteiger partial charge >= 0.3 is 5.97 Å². The summed E-state index contributed by atoms with van der Waals surface area (Å²) in [5.41, 5.74) is -0.391. The maximum atomic E-state index is 11.4. The van der Waals surface area contributed by atoms with Crippen LogP contribution in [0.4, 0.5) is 5.82 Å². The second kappa shape index (κ2) is 5.87. The number of nitrogens with zero attached hydrogens (tertiary/aromatic N) is 3. The van der Waals surface area contributed by atoms with Crippen molar-refractivity contribution in [3.05, 3.63) is 34.9 Å². The molecule has 0 radical (unpaired) electrons. The lowest BCUT2D eigenvalue weighted by Crippen LogP contribution is -2.16. The van der Waals surface area contributed by atoms with E-state index in [4.69, 9.17) is 9.84 Å². The minimum absolute atomic E-state index is 0.0168. The molecule has 0 aliphatic carbocycles. The van der Waals surface area contributed by atoms with Crippen molar-refractivity contribution in [1.29, 1.82) is 0 Å². The summed E-state index contributed by atoms with van der Waals surface area (Å²) in [5, 5.41) is 11.7. The van der Waals surface area contributed by atoms with E-state index >= 15 is 0 Å². The van der Waals surface area contributed by atoms with Crippen molar-refractivity contribution in [1.82, 2.24) is 19.5 Å². The first-order valence-electron chi connectivity index (χ1n) is 5.72. The van der Waals surface area contributed by atoms with Gasteiger partial charge in [-0.1, -0.05) is 0 Å². The second-order valence-corrected chi connectivity index (χ2v) is 3.84. The Hall–Kier alpha value is -2.84. The van der Waals surface area contributed by atoms with Crippen molar-refractivity contribution in [2.45, 2.75) is 6.54 Å². The van der Waals surface area contributed by atoms with Crippen LogP contribution in [0.15, 0.2) is 23.6 Å². The quantitative estimate of drug-likeness (QED) is 0.668. The normalized spacial score (nSPS) is 10.2. The molecule has 0 unspecified atom stereocenters. The van der Waals surface area contributed by atoms with Crippen LogP contribution in [0.3, 0.4) is 0 Å². The number of aromatic carboxylic acids is 1. The molecule has 0 spiro atoms. The third-order valence-corrected chi connectivity index (χ3v) is 2.53. The maximum absolute atomic E-state index is 11.4. The van der Waals surface area contributed by atoms with Gasteiger partial charge in [0.25, 0.3) is 5.56 Å². The first-order valence-corrected chi connectivity index (χ1v) is 5.72. The van der Waals surface area contributed by atoms with Crippen LogP contribution in [-0.2, 0) is 6.54 Å². The van der Waals surface area contributed by atoms with Crippen molar-refractivity contribution < 1.29 is 14.6 Å². The van der Waals surface area contributed by atoms with Gasteiger partial charge in [-0.25, -0.2) is 14.8 Å². The van der Waals surface area contributed by atoms with Gasteiger partial charge in [-0.05, 0) is 0 Å². The minimum Gasteiger partial charge on any atom is -0.489 e. The van der Waals surface area contributed by atoms with Crippen molar-refractivity contribution >= 4 is 11.8 Å². The number of hydrogen-bond donors (Lipinski definition) is 3. The lowest BCUT2D eigenvalue weighted by Gasteiger charge is -2.08. The largest absolute Gasteiger partial charge is 0.489 e. The van der Waals surface area contributed by atoms with E-state index < -0.39 is 5.97 Å². The highest BCUT2D eigenvalue weighted by Crippen LogP contribution is 2.13. The van der Waals surface area contributed by atoms with E-state index in [1.54, 1.807) is 4.57 Å². The number of ether oxygens (including phenoxy) is 1. The number of carboxylic acids is 1. The van der Waals surface area contributed by atoms with Crippen LogP contribution in [0, 0.1) is 0 Å². The van der Waals surface area contributed by atoms with E-state index in [2.05, 4.69) is 20.3 Å². The molecular formula is C11H13N5O4. The number of aromatic nitrogens is 4. The summed E-state index contributed by atoms with van der Waals surface area (Å²) in [6, 6.07) is 0. The first-order chi connectivity index (χ1) is 9.61. The van der Waals surface area contributed by atoms with Gasteiger partial charge in [-0.15, -0.1) is 0 Å². The summed E-state index contributed by atoms with van der Waals surface area (Å²) >= 11 is 0. The fourth-order valence-corrected chi connectivity index (χ4v) is 1.60. The minimum atomic E-state index is -1.07. The van der Waals surface area contributed by atoms with Crippen LogP contribution >= 0.6 is 0 Å². The number of imidazole rings is 1. The molecule has 0 aliphatic rings. The number of nitrogens with one attached hydrogen (secondary N) is 2. The number of carbonyl (C=O) groups is 1. The molecule has 0 bridgehead atoms. The van der Waals surface area contributed by atoms with Crippen molar-refractivity contribution in [3.8, 4) is 5.75 Å². The Balaban J connectivity index is 1.97. The molecule has 20 heavy (non-hydrogen) atoms. The smallest absolute Gasteiger partial charge is 0.356 e. The van der Waals surface area contributed by atoms with Crippen molar-refractivity contribution in [2.75, 3.05) is 19.0 Å². The van der Waals surface area contributed by atoms with Crippen molar-refractivity contribution in [2.24, 2.45) is 0 Å². The Morgan fingerprint density at radius 2 is 2.35 bits per heavy atom. The van der Waals surface area contributed by atoms with Crippen LogP contribution in [0.5, 0.6) is 5.75 Å². The number of hydrogen-bond acceptors (Lipinski definition) is 6. The van der Waals surface area contributed by atoms with Crippen LogP contribution < -0.4 is 15.6 Å². The van der Waals surface area contributed by atoms with Crippen LogP contribution in [0.2, 0.25) is 0 Å². The summed E-state index contributed by atoms with van der Waals surface area (Å²) < 4.78 is 6.57. The molecule has 2 rings (SSSR count). The third-order valence-electron chi connectivity index (χ3n) is 2.53. The molecule has 0 saturated heterocycles.